The Labute approximate surface area is 153 Å². The van der Waals surface area contributed by atoms with Crippen molar-refractivity contribution in [3.63, 3.8) is 0 Å². The highest BCUT2D eigenvalue weighted by Crippen LogP contribution is 2.29. The molecule has 3 rings (SSSR count). The summed E-state index contributed by atoms with van der Waals surface area (Å²) >= 11 is 0. The summed E-state index contributed by atoms with van der Waals surface area (Å²) in [6, 6.07) is 0.271. The van der Waals surface area contributed by atoms with Crippen molar-refractivity contribution in [3.05, 3.63) is 41.7 Å². The number of hydrogen-bond acceptors (Lipinski definition) is 7. The molecule has 0 aliphatic carbocycles. The van der Waals surface area contributed by atoms with Gasteiger partial charge in [-0.1, -0.05) is 6.08 Å². The molecule has 0 saturated carbocycles. The van der Waals surface area contributed by atoms with Gasteiger partial charge in [0.2, 0.25) is 0 Å². The highest BCUT2D eigenvalue weighted by Gasteiger charge is 2.48. The lowest BCUT2D eigenvalue weighted by atomic mass is 10.0. The third-order valence-corrected chi connectivity index (χ3v) is 4.31. The molecule has 2 bridgehead atoms. The van der Waals surface area contributed by atoms with Crippen LogP contribution in [0.3, 0.4) is 0 Å². The summed E-state index contributed by atoms with van der Waals surface area (Å²) < 4.78 is 34.9. The van der Waals surface area contributed by atoms with Crippen molar-refractivity contribution in [2.24, 2.45) is 0 Å². The smallest absolute Gasteiger partial charge is 0.304 e. The van der Waals surface area contributed by atoms with Crippen LogP contribution in [0.1, 0.15) is 17.3 Å². The van der Waals surface area contributed by atoms with Crippen LogP contribution >= 0.6 is 0 Å². The van der Waals surface area contributed by atoms with E-state index < -0.39 is 40.3 Å². The molecule has 0 spiro atoms. The van der Waals surface area contributed by atoms with Crippen LogP contribution in [0.2, 0.25) is 0 Å². The standard InChI is InChI=1S/C14H15N5O7S/c1-8-5-10-7-18(14(22)19(10)26-27(23,24)25)11(8)13(21)17-16-12(20)9-3-2-4-15-6-9/h2-6,10-11H,7H2,1H3,(H,16,20)(H,17,21)(H,23,24,25)/t10-,11+/m1/s1. The van der Waals surface area contributed by atoms with Crippen molar-refractivity contribution in [3.8, 4) is 0 Å². The third-order valence-electron chi connectivity index (χ3n) is 3.96. The Morgan fingerprint density at radius 2 is 2.11 bits per heavy atom. The summed E-state index contributed by atoms with van der Waals surface area (Å²) in [5.74, 6) is -1.31. The van der Waals surface area contributed by atoms with Crippen LogP contribution in [0.15, 0.2) is 36.2 Å². The van der Waals surface area contributed by atoms with Gasteiger partial charge in [-0.15, -0.1) is 4.28 Å². The number of hydrogen-bond donors (Lipinski definition) is 3. The van der Waals surface area contributed by atoms with Crippen molar-refractivity contribution in [1.29, 1.82) is 0 Å². The third kappa shape index (κ3) is 3.89. The Bertz CT molecular complexity index is 917. The molecule has 2 atom stereocenters. The number of hydroxylamine groups is 2. The zero-order valence-corrected chi connectivity index (χ0v) is 14.7. The SMILES string of the molecule is CC1=C[C@@H]2CN(C(=O)N2OS(=O)(=O)O)[C@@H]1C(=O)NNC(=O)c1cccnc1. The highest BCUT2D eigenvalue weighted by molar-refractivity contribution is 7.80. The first kappa shape index (κ1) is 18.8. The largest absolute Gasteiger partial charge is 0.418 e. The van der Waals surface area contributed by atoms with E-state index in [1.165, 1.54) is 24.5 Å². The van der Waals surface area contributed by atoms with Gasteiger partial charge in [-0.2, -0.15) is 13.5 Å². The van der Waals surface area contributed by atoms with Gasteiger partial charge in [0.1, 0.15) is 6.04 Å². The first-order chi connectivity index (χ1) is 12.7. The Kier molecular flexibility index (Phi) is 4.82. The predicted octanol–water partition coefficient (Wildman–Crippen LogP) is -0.988. The molecule has 1 fully saturated rings. The summed E-state index contributed by atoms with van der Waals surface area (Å²) in [6.45, 7) is 1.54. The average molecular weight is 397 g/mol. The molecule has 1 saturated heterocycles. The van der Waals surface area contributed by atoms with Gasteiger partial charge in [-0.25, -0.2) is 4.79 Å². The van der Waals surface area contributed by atoms with Crippen LogP contribution in [-0.4, -0.2) is 64.4 Å². The maximum atomic E-state index is 12.5. The quantitative estimate of drug-likeness (QED) is 0.332. The molecular weight excluding hydrogens is 382 g/mol. The lowest BCUT2D eigenvalue weighted by Crippen LogP contribution is -2.54. The van der Waals surface area contributed by atoms with E-state index >= 15 is 0 Å². The predicted molar refractivity (Wildman–Crippen MR) is 87.8 cm³/mol. The van der Waals surface area contributed by atoms with Crippen molar-refractivity contribution in [2.75, 3.05) is 6.54 Å². The zero-order valence-electron chi connectivity index (χ0n) is 13.9. The second-order valence-electron chi connectivity index (χ2n) is 5.83. The number of aromatic nitrogens is 1. The van der Waals surface area contributed by atoms with Crippen LogP contribution in [0.5, 0.6) is 0 Å². The van der Waals surface area contributed by atoms with E-state index in [0.717, 1.165) is 4.90 Å². The van der Waals surface area contributed by atoms with Crippen molar-refractivity contribution < 1.29 is 31.6 Å². The van der Waals surface area contributed by atoms with Crippen molar-refractivity contribution in [1.82, 2.24) is 25.8 Å². The molecule has 13 heteroatoms. The number of nitrogens with one attached hydrogen (secondary N) is 2. The molecule has 3 N–H and O–H groups in total. The average Bonchev–Trinajstić information content (AvgIpc) is 2.84. The van der Waals surface area contributed by atoms with E-state index in [1.807, 2.05) is 0 Å². The summed E-state index contributed by atoms with van der Waals surface area (Å²) in [6.07, 6.45) is 4.27. The van der Waals surface area contributed by atoms with Crippen LogP contribution in [0.25, 0.3) is 0 Å². The minimum absolute atomic E-state index is 0.0274. The first-order valence-electron chi connectivity index (χ1n) is 7.63. The number of fused-ring (bicyclic) bond motifs is 2. The molecule has 0 unspecified atom stereocenters. The molecule has 4 amide bonds. The molecule has 3 heterocycles. The summed E-state index contributed by atoms with van der Waals surface area (Å²) in [5, 5.41) is 0.473. The molecule has 1 aromatic heterocycles. The number of amides is 4. The zero-order chi connectivity index (χ0) is 19.8. The Morgan fingerprint density at radius 1 is 1.37 bits per heavy atom. The minimum Gasteiger partial charge on any atom is -0.304 e. The second-order valence-corrected chi connectivity index (χ2v) is 6.83. The summed E-state index contributed by atoms with van der Waals surface area (Å²) in [7, 11) is -4.90. The first-order valence-corrected chi connectivity index (χ1v) is 8.99. The Hall–Kier alpha value is -3.03. The number of urea groups is 1. The maximum absolute atomic E-state index is 12.5. The lowest BCUT2D eigenvalue weighted by molar-refractivity contribution is -0.125. The molecule has 2 aliphatic rings. The van der Waals surface area contributed by atoms with Gasteiger partial charge in [-0.05, 0) is 24.6 Å². The maximum Gasteiger partial charge on any atom is 0.418 e. The lowest BCUT2D eigenvalue weighted by Gasteiger charge is -2.29. The molecular formula is C14H15N5O7S. The number of carbonyl (C=O) groups is 3. The number of hydrazine groups is 1. The van der Waals surface area contributed by atoms with E-state index in [0.29, 0.717) is 10.6 Å². The topological polar surface area (TPSA) is 158 Å². The molecule has 0 aromatic carbocycles. The van der Waals surface area contributed by atoms with Crippen LogP contribution in [0, 0.1) is 0 Å². The van der Waals surface area contributed by atoms with E-state index in [-0.39, 0.29) is 12.1 Å². The second kappa shape index (κ2) is 6.94. The van der Waals surface area contributed by atoms with Gasteiger partial charge >= 0.3 is 16.4 Å². The van der Waals surface area contributed by atoms with Gasteiger partial charge in [0.25, 0.3) is 11.8 Å². The van der Waals surface area contributed by atoms with E-state index in [1.54, 1.807) is 13.0 Å². The number of rotatable bonds is 4. The Balaban J connectivity index is 1.69. The highest BCUT2D eigenvalue weighted by atomic mass is 32.3. The summed E-state index contributed by atoms with van der Waals surface area (Å²) in [5.41, 5.74) is 5.09. The Morgan fingerprint density at radius 3 is 2.74 bits per heavy atom. The van der Waals surface area contributed by atoms with Crippen LogP contribution in [-0.2, 0) is 19.5 Å². The molecule has 1 aromatic rings. The molecule has 2 aliphatic heterocycles. The minimum atomic E-state index is -4.90. The van der Waals surface area contributed by atoms with Crippen LogP contribution in [0.4, 0.5) is 4.79 Å². The fourth-order valence-corrected chi connectivity index (χ4v) is 3.27. The monoisotopic (exact) mass is 397 g/mol. The molecule has 27 heavy (non-hydrogen) atoms. The fourth-order valence-electron chi connectivity index (χ4n) is 2.89. The molecule has 144 valence electrons. The number of carbonyl (C=O) groups excluding carboxylic acids is 3. The number of nitrogens with zero attached hydrogens (tertiary/aromatic N) is 3. The van der Waals surface area contributed by atoms with E-state index in [2.05, 4.69) is 20.1 Å². The normalized spacial score (nSPS) is 21.7. The molecule has 12 nitrogen and oxygen atoms in total. The van der Waals surface area contributed by atoms with Crippen molar-refractivity contribution in [2.45, 2.75) is 19.0 Å². The van der Waals surface area contributed by atoms with Gasteiger partial charge in [-0.3, -0.25) is 30.0 Å². The van der Waals surface area contributed by atoms with Gasteiger partial charge in [0, 0.05) is 12.4 Å². The summed E-state index contributed by atoms with van der Waals surface area (Å²) in [4.78, 5) is 41.6. The van der Waals surface area contributed by atoms with Gasteiger partial charge in [0.15, 0.2) is 0 Å². The van der Waals surface area contributed by atoms with Gasteiger partial charge < -0.3 is 4.90 Å². The number of pyridine rings is 1. The van der Waals surface area contributed by atoms with Gasteiger partial charge in [0.05, 0.1) is 18.2 Å². The van der Waals surface area contributed by atoms with E-state index in [4.69, 9.17) is 4.55 Å². The van der Waals surface area contributed by atoms with Crippen molar-refractivity contribution >= 4 is 28.2 Å². The van der Waals surface area contributed by atoms with E-state index in [9.17, 15) is 22.8 Å². The molecule has 0 radical (unpaired) electrons. The fraction of sp³-hybridized carbons (Fsp3) is 0.286. The van der Waals surface area contributed by atoms with Crippen LogP contribution < -0.4 is 10.9 Å².